The van der Waals surface area contributed by atoms with Gasteiger partial charge in [0.15, 0.2) is 0 Å². The van der Waals surface area contributed by atoms with Gasteiger partial charge in [0.25, 0.3) is 0 Å². The molecule has 1 aromatic heterocycles. The normalized spacial score (nSPS) is 16.1. The molecule has 0 radical (unpaired) electrons. The van der Waals surface area contributed by atoms with Crippen LogP contribution >= 0.6 is 0 Å². The van der Waals surface area contributed by atoms with Gasteiger partial charge in [-0.05, 0) is 37.3 Å². The van der Waals surface area contributed by atoms with Crippen molar-refractivity contribution in [2.45, 2.75) is 32.4 Å². The van der Waals surface area contributed by atoms with Gasteiger partial charge in [-0.15, -0.1) is 0 Å². The average Bonchev–Trinajstić information content (AvgIpc) is 3.18. The van der Waals surface area contributed by atoms with Gasteiger partial charge in [-0.1, -0.05) is 0 Å². The maximum Gasteiger partial charge on any atom is 0.248 e. The summed E-state index contributed by atoms with van der Waals surface area (Å²) in [5.41, 5.74) is 0.907. The molecule has 0 spiro atoms. The maximum atomic E-state index is 11.2. The van der Waals surface area contributed by atoms with Crippen LogP contribution in [0.5, 0.6) is 5.88 Å². The smallest absolute Gasteiger partial charge is 0.248 e. The predicted octanol–water partition coefficient (Wildman–Crippen LogP) is 0.867. The van der Waals surface area contributed by atoms with Crippen LogP contribution in [0.25, 0.3) is 0 Å². The van der Waals surface area contributed by atoms with E-state index in [9.17, 15) is 4.79 Å². The van der Waals surface area contributed by atoms with Crippen LogP contribution in [0, 0.1) is 5.92 Å². The summed E-state index contributed by atoms with van der Waals surface area (Å²) in [5.74, 6) is 0.892. The van der Waals surface area contributed by atoms with Gasteiger partial charge in [0.05, 0.1) is 6.61 Å². The molecule has 1 unspecified atom stereocenters. The Hall–Kier alpha value is -1.62. The molecule has 0 bridgehead atoms. The van der Waals surface area contributed by atoms with Crippen molar-refractivity contribution < 1.29 is 14.6 Å². The fraction of sp³-hybridized carbons (Fsp3) is 0.538. The molecule has 5 nitrogen and oxygen atoms in total. The summed E-state index contributed by atoms with van der Waals surface area (Å²) in [5, 5.41) is 11.7. The molecule has 5 heteroatoms. The Morgan fingerprint density at radius 3 is 3.11 bits per heavy atom. The number of hydrogen-bond donors (Lipinski definition) is 2. The summed E-state index contributed by atoms with van der Waals surface area (Å²) in [7, 11) is 0. The third-order valence-electron chi connectivity index (χ3n) is 2.81. The second-order valence-corrected chi connectivity index (χ2v) is 4.65. The van der Waals surface area contributed by atoms with Crippen molar-refractivity contribution in [3.05, 3.63) is 23.9 Å². The number of ether oxygens (including phenoxy) is 1. The SMILES string of the molecule is CC(O)C(=O)NCc1ccnc(OCC2CC2)c1. The Balaban J connectivity index is 1.83. The molecule has 0 aromatic carbocycles. The van der Waals surface area contributed by atoms with Gasteiger partial charge in [-0.3, -0.25) is 4.79 Å². The van der Waals surface area contributed by atoms with Crippen LogP contribution in [-0.4, -0.2) is 28.7 Å². The number of aromatic nitrogens is 1. The number of hydrogen-bond acceptors (Lipinski definition) is 4. The van der Waals surface area contributed by atoms with E-state index >= 15 is 0 Å². The molecule has 0 aliphatic heterocycles. The van der Waals surface area contributed by atoms with Gasteiger partial charge in [0.2, 0.25) is 11.8 Å². The highest BCUT2D eigenvalue weighted by Crippen LogP contribution is 2.29. The van der Waals surface area contributed by atoms with E-state index in [0.717, 1.165) is 12.2 Å². The highest BCUT2D eigenvalue weighted by molar-refractivity contribution is 5.79. The van der Waals surface area contributed by atoms with Crippen LogP contribution in [0.3, 0.4) is 0 Å². The number of rotatable bonds is 6. The molecular weight excluding hydrogens is 232 g/mol. The van der Waals surface area contributed by atoms with Crippen molar-refractivity contribution >= 4 is 5.91 Å². The first kappa shape index (κ1) is 12.8. The van der Waals surface area contributed by atoms with Crippen molar-refractivity contribution in [2.24, 2.45) is 5.92 Å². The van der Waals surface area contributed by atoms with Gasteiger partial charge in [-0.2, -0.15) is 0 Å². The fourth-order valence-corrected chi connectivity index (χ4v) is 1.46. The highest BCUT2D eigenvalue weighted by Gasteiger charge is 2.22. The first-order chi connectivity index (χ1) is 8.65. The lowest BCUT2D eigenvalue weighted by Crippen LogP contribution is -2.31. The van der Waals surface area contributed by atoms with Crippen LogP contribution in [0.2, 0.25) is 0 Å². The minimum Gasteiger partial charge on any atom is -0.477 e. The van der Waals surface area contributed by atoms with Gasteiger partial charge in [0, 0.05) is 18.8 Å². The van der Waals surface area contributed by atoms with E-state index in [1.807, 2.05) is 12.1 Å². The van der Waals surface area contributed by atoms with Crippen LogP contribution in [0.15, 0.2) is 18.3 Å². The minimum atomic E-state index is -0.988. The largest absolute Gasteiger partial charge is 0.477 e. The molecular formula is C13H18N2O3. The molecule has 2 rings (SSSR count). The van der Waals surface area contributed by atoms with E-state index in [4.69, 9.17) is 9.84 Å². The van der Waals surface area contributed by atoms with Crippen molar-refractivity contribution in [2.75, 3.05) is 6.61 Å². The zero-order valence-corrected chi connectivity index (χ0v) is 10.4. The lowest BCUT2D eigenvalue weighted by atomic mass is 10.2. The molecule has 1 heterocycles. The van der Waals surface area contributed by atoms with Gasteiger partial charge in [0.1, 0.15) is 6.10 Å². The predicted molar refractivity (Wildman–Crippen MR) is 66.0 cm³/mol. The fourth-order valence-electron chi connectivity index (χ4n) is 1.46. The summed E-state index contributed by atoms with van der Waals surface area (Å²) in [6, 6.07) is 3.62. The van der Waals surface area contributed by atoms with E-state index in [1.54, 1.807) is 6.20 Å². The number of nitrogens with one attached hydrogen (secondary N) is 1. The van der Waals surface area contributed by atoms with Crippen LogP contribution in [0.4, 0.5) is 0 Å². The third kappa shape index (κ3) is 4.00. The molecule has 1 fully saturated rings. The van der Waals surface area contributed by atoms with Crippen LogP contribution in [-0.2, 0) is 11.3 Å². The van der Waals surface area contributed by atoms with Crippen LogP contribution < -0.4 is 10.1 Å². The second kappa shape index (κ2) is 5.82. The zero-order chi connectivity index (χ0) is 13.0. The lowest BCUT2D eigenvalue weighted by Gasteiger charge is -2.08. The summed E-state index contributed by atoms with van der Waals surface area (Å²) in [6.45, 7) is 2.52. The molecule has 1 amide bonds. The van der Waals surface area contributed by atoms with Crippen molar-refractivity contribution in [3.8, 4) is 5.88 Å². The lowest BCUT2D eigenvalue weighted by molar-refractivity contribution is -0.128. The van der Waals surface area contributed by atoms with E-state index in [2.05, 4.69) is 10.3 Å². The highest BCUT2D eigenvalue weighted by atomic mass is 16.5. The second-order valence-electron chi connectivity index (χ2n) is 4.65. The number of aliphatic hydroxyl groups is 1. The molecule has 0 saturated heterocycles. The van der Waals surface area contributed by atoms with Crippen molar-refractivity contribution in [1.82, 2.24) is 10.3 Å². The van der Waals surface area contributed by atoms with Gasteiger partial charge < -0.3 is 15.2 Å². The molecule has 1 aromatic rings. The van der Waals surface area contributed by atoms with Crippen molar-refractivity contribution in [3.63, 3.8) is 0 Å². The Kier molecular flexibility index (Phi) is 4.15. The topological polar surface area (TPSA) is 71.5 Å². The van der Waals surface area contributed by atoms with E-state index < -0.39 is 6.10 Å². The standard InChI is InChI=1S/C13H18N2O3/c1-9(16)13(17)15-7-11-4-5-14-12(6-11)18-8-10-2-3-10/h4-6,9-10,16H,2-3,7-8H2,1H3,(H,15,17). The minimum absolute atomic E-state index is 0.367. The monoisotopic (exact) mass is 250 g/mol. The maximum absolute atomic E-state index is 11.2. The van der Waals surface area contributed by atoms with E-state index in [1.165, 1.54) is 19.8 Å². The molecule has 1 saturated carbocycles. The third-order valence-corrected chi connectivity index (χ3v) is 2.81. The van der Waals surface area contributed by atoms with Gasteiger partial charge in [-0.25, -0.2) is 4.98 Å². The van der Waals surface area contributed by atoms with Crippen LogP contribution in [0.1, 0.15) is 25.3 Å². The average molecular weight is 250 g/mol. The first-order valence-electron chi connectivity index (χ1n) is 6.18. The Labute approximate surface area is 106 Å². The molecule has 2 N–H and O–H groups in total. The number of amides is 1. The Morgan fingerprint density at radius 2 is 2.44 bits per heavy atom. The Morgan fingerprint density at radius 1 is 1.67 bits per heavy atom. The van der Waals surface area contributed by atoms with E-state index in [0.29, 0.717) is 18.3 Å². The number of carbonyl (C=O) groups is 1. The van der Waals surface area contributed by atoms with Crippen molar-refractivity contribution in [1.29, 1.82) is 0 Å². The summed E-state index contributed by atoms with van der Waals surface area (Å²) < 4.78 is 5.55. The first-order valence-corrected chi connectivity index (χ1v) is 6.18. The van der Waals surface area contributed by atoms with Gasteiger partial charge >= 0.3 is 0 Å². The zero-order valence-electron chi connectivity index (χ0n) is 10.4. The quantitative estimate of drug-likeness (QED) is 0.785. The number of nitrogens with zero attached hydrogens (tertiary/aromatic N) is 1. The molecule has 1 atom stereocenters. The molecule has 18 heavy (non-hydrogen) atoms. The number of carbonyl (C=O) groups excluding carboxylic acids is 1. The number of pyridine rings is 1. The number of aliphatic hydroxyl groups excluding tert-OH is 1. The van der Waals surface area contributed by atoms with E-state index in [-0.39, 0.29) is 5.91 Å². The Bertz CT molecular complexity index is 416. The molecule has 1 aliphatic carbocycles. The summed E-state index contributed by atoms with van der Waals surface area (Å²) in [6.07, 6.45) is 3.15. The summed E-state index contributed by atoms with van der Waals surface area (Å²) >= 11 is 0. The molecule has 1 aliphatic rings. The molecule has 98 valence electrons. The summed E-state index contributed by atoms with van der Waals surface area (Å²) in [4.78, 5) is 15.3.